The standard InChI is InChI=1S/C20H17ClN2O5/c1-11-14-7-4-8-15(21)18(14)28-17(11)20(26)23-13-6-3-5-12(9-13)19(25)22-10-16(24)27-2/h3-9H,10H2,1-2H3,(H,22,25)(H,23,26). The number of carbonyl (C=O) groups excluding carboxylic acids is 3. The number of carbonyl (C=O) groups is 3. The molecule has 0 radical (unpaired) electrons. The van der Waals surface area contributed by atoms with Gasteiger partial charge in [-0.1, -0.05) is 29.8 Å². The van der Waals surface area contributed by atoms with E-state index in [0.29, 0.717) is 21.9 Å². The zero-order chi connectivity index (χ0) is 20.3. The van der Waals surface area contributed by atoms with Gasteiger partial charge in [0.05, 0.1) is 12.1 Å². The van der Waals surface area contributed by atoms with Gasteiger partial charge in [0.1, 0.15) is 6.54 Å². The predicted octanol–water partition coefficient (Wildman–Crippen LogP) is 3.55. The van der Waals surface area contributed by atoms with Crippen molar-refractivity contribution in [3.05, 3.63) is 64.4 Å². The van der Waals surface area contributed by atoms with Crippen molar-refractivity contribution >= 4 is 46.0 Å². The average molecular weight is 401 g/mol. The summed E-state index contributed by atoms with van der Waals surface area (Å²) in [6.45, 7) is 1.53. The van der Waals surface area contributed by atoms with E-state index in [1.807, 2.05) is 6.07 Å². The van der Waals surface area contributed by atoms with Crippen molar-refractivity contribution in [1.29, 1.82) is 0 Å². The number of hydrogen-bond acceptors (Lipinski definition) is 5. The van der Waals surface area contributed by atoms with Gasteiger partial charge >= 0.3 is 5.97 Å². The van der Waals surface area contributed by atoms with Crippen molar-refractivity contribution in [1.82, 2.24) is 5.32 Å². The fourth-order valence-electron chi connectivity index (χ4n) is 2.68. The van der Waals surface area contributed by atoms with Gasteiger partial charge in [0, 0.05) is 22.2 Å². The first-order chi connectivity index (χ1) is 13.4. The third-order valence-corrected chi connectivity index (χ3v) is 4.42. The summed E-state index contributed by atoms with van der Waals surface area (Å²) in [6, 6.07) is 11.6. The molecule has 3 aromatic rings. The van der Waals surface area contributed by atoms with Gasteiger partial charge in [-0.25, -0.2) is 0 Å². The van der Waals surface area contributed by atoms with Gasteiger partial charge in [-0.3, -0.25) is 14.4 Å². The molecule has 1 aromatic heterocycles. The highest BCUT2D eigenvalue weighted by atomic mass is 35.5. The largest absolute Gasteiger partial charge is 0.468 e. The number of para-hydroxylation sites is 1. The molecule has 8 heteroatoms. The maximum Gasteiger partial charge on any atom is 0.325 e. The topological polar surface area (TPSA) is 97.6 Å². The van der Waals surface area contributed by atoms with Crippen LogP contribution in [-0.2, 0) is 9.53 Å². The summed E-state index contributed by atoms with van der Waals surface area (Å²) in [4.78, 5) is 35.9. The van der Waals surface area contributed by atoms with Crippen LogP contribution in [0.4, 0.5) is 5.69 Å². The number of hydrogen-bond donors (Lipinski definition) is 2. The molecule has 2 N–H and O–H groups in total. The number of rotatable bonds is 5. The fourth-order valence-corrected chi connectivity index (χ4v) is 2.89. The first kappa shape index (κ1) is 19.4. The molecule has 0 aliphatic carbocycles. The highest BCUT2D eigenvalue weighted by Crippen LogP contribution is 2.31. The number of benzene rings is 2. The first-order valence-electron chi connectivity index (χ1n) is 8.34. The zero-order valence-electron chi connectivity index (χ0n) is 15.2. The fraction of sp³-hybridized carbons (Fsp3) is 0.150. The second kappa shape index (κ2) is 8.14. The van der Waals surface area contributed by atoms with Crippen molar-refractivity contribution in [3.8, 4) is 0 Å². The quantitative estimate of drug-likeness (QED) is 0.638. The molecule has 0 saturated carbocycles. The van der Waals surface area contributed by atoms with E-state index in [1.54, 1.807) is 37.3 Å². The Hall–Kier alpha value is -3.32. The van der Waals surface area contributed by atoms with Crippen LogP contribution in [0.1, 0.15) is 26.5 Å². The lowest BCUT2D eigenvalue weighted by molar-refractivity contribution is -0.139. The summed E-state index contributed by atoms with van der Waals surface area (Å²) in [5, 5.41) is 6.32. The smallest absolute Gasteiger partial charge is 0.325 e. The number of furan rings is 1. The summed E-state index contributed by atoms with van der Waals surface area (Å²) < 4.78 is 10.1. The highest BCUT2D eigenvalue weighted by Gasteiger charge is 2.19. The molecule has 0 aliphatic heterocycles. The number of ether oxygens (including phenoxy) is 1. The van der Waals surface area contributed by atoms with Gasteiger partial charge in [-0.2, -0.15) is 0 Å². The predicted molar refractivity (Wildman–Crippen MR) is 105 cm³/mol. The van der Waals surface area contributed by atoms with Gasteiger partial charge in [-0.05, 0) is 31.2 Å². The minimum atomic E-state index is -0.558. The van der Waals surface area contributed by atoms with Crippen molar-refractivity contribution in [2.24, 2.45) is 0 Å². The normalized spacial score (nSPS) is 10.5. The van der Waals surface area contributed by atoms with Gasteiger partial charge < -0.3 is 19.8 Å². The van der Waals surface area contributed by atoms with Gasteiger partial charge in [0.25, 0.3) is 11.8 Å². The average Bonchev–Trinajstić information content (AvgIpc) is 3.04. The second-order valence-corrected chi connectivity index (χ2v) is 6.37. The van der Waals surface area contributed by atoms with Crippen LogP contribution in [-0.4, -0.2) is 31.4 Å². The molecule has 0 atom stereocenters. The molecular formula is C20H17ClN2O5. The Morgan fingerprint density at radius 1 is 1.11 bits per heavy atom. The number of fused-ring (bicyclic) bond motifs is 1. The van der Waals surface area contributed by atoms with Crippen LogP contribution in [0, 0.1) is 6.92 Å². The monoisotopic (exact) mass is 400 g/mol. The number of anilines is 1. The molecule has 1 heterocycles. The van der Waals surface area contributed by atoms with Crippen molar-refractivity contribution in [2.45, 2.75) is 6.92 Å². The summed E-state index contributed by atoms with van der Waals surface area (Å²) in [6.07, 6.45) is 0. The molecule has 144 valence electrons. The van der Waals surface area contributed by atoms with Crippen molar-refractivity contribution < 1.29 is 23.5 Å². The van der Waals surface area contributed by atoms with E-state index in [9.17, 15) is 14.4 Å². The van der Waals surface area contributed by atoms with Crippen LogP contribution >= 0.6 is 11.6 Å². The minimum absolute atomic E-state index is 0.142. The number of nitrogens with one attached hydrogen (secondary N) is 2. The molecule has 0 unspecified atom stereocenters. The molecule has 0 saturated heterocycles. The Labute approximate surface area is 165 Å². The number of halogens is 1. The molecule has 0 bridgehead atoms. The molecular weight excluding hydrogens is 384 g/mol. The lowest BCUT2D eigenvalue weighted by Crippen LogP contribution is -2.30. The van der Waals surface area contributed by atoms with Gasteiger partial charge in [0.15, 0.2) is 11.3 Å². The number of methoxy groups -OCH3 is 1. The summed E-state index contributed by atoms with van der Waals surface area (Å²) >= 11 is 6.12. The molecule has 0 spiro atoms. The van der Waals surface area contributed by atoms with Crippen molar-refractivity contribution in [3.63, 3.8) is 0 Å². The highest BCUT2D eigenvalue weighted by molar-refractivity contribution is 6.35. The van der Waals surface area contributed by atoms with E-state index in [2.05, 4.69) is 15.4 Å². The Morgan fingerprint density at radius 3 is 2.57 bits per heavy atom. The maximum atomic E-state index is 12.6. The van der Waals surface area contributed by atoms with E-state index in [0.717, 1.165) is 5.39 Å². The number of esters is 1. The molecule has 3 rings (SSSR count). The van der Waals surface area contributed by atoms with Crippen molar-refractivity contribution in [2.75, 3.05) is 19.0 Å². The van der Waals surface area contributed by atoms with E-state index in [4.69, 9.17) is 16.0 Å². The summed E-state index contributed by atoms with van der Waals surface area (Å²) in [5.74, 6) is -1.34. The molecule has 7 nitrogen and oxygen atoms in total. The van der Waals surface area contributed by atoms with Gasteiger partial charge in [0.2, 0.25) is 0 Å². The van der Waals surface area contributed by atoms with Crippen LogP contribution < -0.4 is 10.6 Å². The van der Waals surface area contributed by atoms with E-state index >= 15 is 0 Å². The maximum absolute atomic E-state index is 12.6. The first-order valence-corrected chi connectivity index (χ1v) is 8.72. The van der Waals surface area contributed by atoms with Crippen LogP contribution in [0.5, 0.6) is 0 Å². The second-order valence-electron chi connectivity index (χ2n) is 5.97. The number of amides is 2. The molecule has 0 fully saturated rings. The zero-order valence-corrected chi connectivity index (χ0v) is 15.9. The van der Waals surface area contributed by atoms with E-state index < -0.39 is 17.8 Å². The third kappa shape index (κ3) is 3.99. The SMILES string of the molecule is COC(=O)CNC(=O)c1cccc(NC(=O)c2oc3c(Cl)cccc3c2C)c1. The Balaban J connectivity index is 1.78. The van der Waals surface area contributed by atoms with Crippen LogP contribution in [0.15, 0.2) is 46.9 Å². The Kier molecular flexibility index (Phi) is 5.65. The van der Waals surface area contributed by atoms with Crippen LogP contribution in [0.3, 0.4) is 0 Å². The van der Waals surface area contributed by atoms with Crippen LogP contribution in [0.2, 0.25) is 5.02 Å². The summed E-state index contributed by atoms with van der Waals surface area (Å²) in [7, 11) is 1.23. The molecule has 2 aromatic carbocycles. The molecule has 2 amide bonds. The van der Waals surface area contributed by atoms with E-state index in [-0.39, 0.29) is 17.9 Å². The molecule has 28 heavy (non-hydrogen) atoms. The lowest BCUT2D eigenvalue weighted by atomic mass is 10.1. The minimum Gasteiger partial charge on any atom is -0.468 e. The van der Waals surface area contributed by atoms with Crippen LogP contribution in [0.25, 0.3) is 11.0 Å². The third-order valence-electron chi connectivity index (χ3n) is 4.13. The molecule has 0 aliphatic rings. The lowest BCUT2D eigenvalue weighted by Gasteiger charge is -2.07. The van der Waals surface area contributed by atoms with E-state index in [1.165, 1.54) is 13.2 Å². The summed E-state index contributed by atoms with van der Waals surface area (Å²) in [5.41, 5.74) is 1.80. The Morgan fingerprint density at radius 2 is 1.86 bits per heavy atom. The van der Waals surface area contributed by atoms with Gasteiger partial charge in [-0.15, -0.1) is 0 Å². The number of aryl methyl sites for hydroxylation is 1. The Bertz CT molecular complexity index is 1070.